The molecule has 4 nitrogen and oxygen atoms in total. The molecule has 0 spiro atoms. The van der Waals surface area contributed by atoms with Crippen molar-refractivity contribution in [3.05, 3.63) is 28.6 Å². The number of fused-ring (bicyclic) bond motifs is 1. The van der Waals surface area contributed by atoms with E-state index in [1.54, 1.807) is 0 Å². The largest absolute Gasteiger partial charge is 0.314 e. The van der Waals surface area contributed by atoms with Gasteiger partial charge < -0.3 is 5.32 Å². The zero-order valence-electron chi connectivity index (χ0n) is 9.56. The van der Waals surface area contributed by atoms with Crippen molar-refractivity contribution in [2.45, 2.75) is 31.7 Å². The molecule has 1 N–H and O–H groups in total. The van der Waals surface area contributed by atoms with Gasteiger partial charge in [-0.2, -0.15) is 0 Å². The molecule has 1 aliphatic rings. The first kappa shape index (κ1) is 11.2. The van der Waals surface area contributed by atoms with Gasteiger partial charge in [-0.05, 0) is 47.4 Å². The van der Waals surface area contributed by atoms with E-state index in [9.17, 15) is 0 Å². The molecule has 90 valence electrons. The van der Waals surface area contributed by atoms with Gasteiger partial charge >= 0.3 is 0 Å². The molecule has 2 aromatic rings. The Morgan fingerprint density at radius 2 is 2.35 bits per heavy atom. The van der Waals surface area contributed by atoms with Gasteiger partial charge in [-0.25, -0.2) is 0 Å². The molecule has 1 saturated heterocycles. The Hall–Kier alpha value is -0.940. The molecule has 0 radical (unpaired) electrons. The van der Waals surface area contributed by atoms with Gasteiger partial charge in [0.2, 0.25) is 0 Å². The summed E-state index contributed by atoms with van der Waals surface area (Å²) in [6.45, 7) is 1.13. The van der Waals surface area contributed by atoms with E-state index in [2.05, 4.69) is 35.8 Å². The lowest BCUT2D eigenvalue weighted by Crippen LogP contribution is -2.36. The van der Waals surface area contributed by atoms with Crippen molar-refractivity contribution in [2.75, 3.05) is 6.54 Å². The molecule has 0 aromatic carbocycles. The third-order valence-electron chi connectivity index (χ3n) is 3.30. The quantitative estimate of drug-likeness (QED) is 0.923. The number of nitrogens with zero attached hydrogens (tertiary/aromatic N) is 3. The van der Waals surface area contributed by atoms with Crippen LogP contribution >= 0.6 is 15.9 Å². The Morgan fingerprint density at radius 1 is 1.41 bits per heavy atom. The van der Waals surface area contributed by atoms with E-state index in [1.165, 1.54) is 19.3 Å². The second-order valence-corrected chi connectivity index (χ2v) is 5.37. The number of nitrogens with one attached hydrogen (secondary N) is 1. The van der Waals surface area contributed by atoms with E-state index in [0.717, 1.165) is 28.9 Å². The van der Waals surface area contributed by atoms with Crippen LogP contribution in [-0.4, -0.2) is 27.2 Å². The first-order valence-electron chi connectivity index (χ1n) is 6.06. The number of halogens is 1. The first-order chi connectivity index (χ1) is 8.34. The summed E-state index contributed by atoms with van der Waals surface area (Å²) in [5, 5.41) is 12.1. The molecule has 0 amide bonds. The van der Waals surface area contributed by atoms with Crippen LogP contribution in [0.5, 0.6) is 0 Å². The van der Waals surface area contributed by atoms with E-state index in [4.69, 9.17) is 0 Å². The molecule has 1 fully saturated rings. The van der Waals surface area contributed by atoms with Gasteiger partial charge in [0.15, 0.2) is 5.65 Å². The third-order valence-corrected chi connectivity index (χ3v) is 3.92. The standard InChI is InChI=1S/C12H15BrN4/c13-10-5-3-7-17-11(15-16-12(10)17)8-9-4-1-2-6-14-9/h3,5,7,9,14H,1-2,4,6,8H2. The van der Waals surface area contributed by atoms with Crippen LogP contribution in [0.15, 0.2) is 22.8 Å². The highest BCUT2D eigenvalue weighted by atomic mass is 79.9. The summed E-state index contributed by atoms with van der Waals surface area (Å²) in [6, 6.07) is 4.56. The van der Waals surface area contributed by atoms with Crippen LogP contribution in [0.3, 0.4) is 0 Å². The van der Waals surface area contributed by atoms with Crippen LogP contribution < -0.4 is 5.32 Å². The smallest absolute Gasteiger partial charge is 0.175 e. The number of piperidine rings is 1. The lowest BCUT2D eigenvalue weighted by molar-refractivity contribution is 0.393. The van der Waals surface area contributed by atoms with Gasteiger partial charge in [-0.3, -0.25) is 4.40 Å². The van der Waals surface area contributed by atoms with Gasteiger partial charge in [0.25, 0.3) is 0 Å². The minimum Gasteiger partial charge on any atom is -0.314 e. The maximum atomic E-state index is 4.29. The van der Waals surface area contributed by atoms with E-state index in [-0.39, 0.29) is 0 Å². The minimum absolute atomic E-state index is 0.551. The molecular weight excluding hydrogens is 280 g/mol. The lowest BCUT2D eigenvalue weighted by atomic mass is 10.0. The molecular formula is C12H15BrN4. The highest BCUT2D eigenvalue weighted by Crippen LogP contribution is 2.18. The summed E-state index contributed by atoms with van der Waals surface area (Å²) in [5.41, 5.74) is 0.901. The van der Waals surface area contributed by atoms with Crippen LogP contribution in [0, 0.1) is 0 Å². The monoisotopic (exact) mass is 294 g/mol. The molecule has 1 atom stereocenters. The average molecular weight is 295 g/mol. The molecule has 0 aliphatic carbocycles. The highest BCUT2D eigenvalue weighted by Gasteiger charge is 2.16. The van der Waals surface area contributed by atoms with Crippen LogP contribution in [0.2, 0.25) is 0 Å². The maximum absolute atomic E-state index is 4.29. The number of hydrogen-bond donors (Lipinski definition) is 1. The Labute approximate surface area is 109 Å². The van der Waals surface area contributed by atoms with E-state index in [1.807, 2.05) is 18.3 Å². The predicted octanol–water partition coefficient (Wildman–Crippen LogP) is 2.18. The van der Waals surface area contributed by atoms with Crippen molar-refractivity contribution in [3.63, 3.8) is 0 Å². The van der Waals surface area contributed by atoms with E-state index >= 15 is 0 Å². The maximum Gasteiger partial charge on any atom is 0.175 e. The fourth-order valence-electron chi connectivity index (χ4n) is 2.39. The summed E-state index contributed by atoms with van der Waals surface area (Å²) in [5.74, 6) is 1.04. The third kappa shape index (κ3) is 2.21. The summed E-state index contributed by atoms with van der Waals surface area (Å²) in [6.07, 6.45) is 6.83. The topological polar surface area (TPSA) is 42.2 Å². The molecule has 1 aliphatic heterocycles. The molecule has 1 unspecified atom stereocenters. The normalized spacial score (nSPS) is 20.9. The number of pyridine rings is 1. The fraction of sp³-hybridized carbons (Fsp3) is 0.500. The summed E-state index contributed by atoms with van der Waals surface area (Å²) >= 11 is 3.50. The Bertz CT molecular complexity index is 516. The summed E-state index contributed by atoms with van der Waals surface area (Å²) in [4.78, 5) is 0. The van der Waals surface area contributed by atoms with Gasteiger partial charge in [0, 0.05) is 18.7 Å². The Kier molecular flexibility index (Phi) is 3.11. The predicted molar refractivity (Wildman–Crippen MR) is 70.0 cm³/mol. The molecule has 3 heterocycles. The lowest BCUT2D eigenvalue weighted by Gasteiger charge is -2.22. The number of aromatic nitrogens is 3. The zero-order valence-corrected chi connectivity index (χ0v) is 11.2. The second kappa shape index (κ2) is 4.74. The summed E-state index contributed by atoms with van der Waals surface area (Å²) < 4.78 is 3.07. The van der Waals surface area contributed by atoms with Crippen molar-refractivity contribution in [3.8, 4) is 0 Å². The number of rotatable bonds is 2. The molecule has 0 bridgehead atoms. The zero-order chi connectivity index (χ0) is 11.7. The molecule has 0 saturated carbocycles. The molecule has 3 rings (SSSR count). The molecule has 2 aromatic heterocycles. The summed E-state index contributed by atoms with van der Waals surface area (Å²) in [7, 11) is 0. The van der Waals surface area contributed by atoms with Crippen molar-refractivity contribution in [2.24, 2.45) is 0 Å². The van der Waals surface area contributed by atoms with Crippen LogP contribution in [0.25, 0.3) is 5.65 Å². The SMILES string of the molecule is Brc1cccn2c(CC3CCCCN3)nnc12. The van der Waals surface area contributed by atoms with Crippen LogP contribution in [0.1, 0.15) is 25.1 Å². The number of hydrogen-bond acceptors (Lipinski definition) is 3. The first-order valence-corrected chi connectivity index (χ1v) is 6.85. The Balaban J connectivity index is 1.87. The Morgan fingerprint density at radius 3 is 3.18 bits per heavy atom. The minimum atomic E-state index is 0.551. The van der Waals surface area contributed by atoms with Crippen molar-refractivity contribution >= 4 is 21.6 Å². The average Bonchev–Trinajstić information content (AvgIpc) is 2.76. The van der Waals surface area contributed by atoms with Gasteiger partial charge in [0.1, 0.15) is 5.82 Å². The fourth-order valence-corrected chi connectivity index (χ4v) is 2.81. The second-order valence-electron chi connectivity index (χ2n) is 4.52. The van der Waals surface area contributed by atoms with Crippen LogP contribution in [-0.2, 0) is 6.42 Å². The van der Waals surface area contributed by atoms with Gasteiger partial charge in [-0.1, -0.05) is 6.42 Å². The van der Waals surface area contributed by atoms with Crippen LogP contribution in [0.4, 0.5) is 0 Å². The van der Waals surface area contributed by atoms with Crippen molar-refractivity contribution in [1.82, 2.24) is 19.9 Å². The molecule has 17 heavy (non-hydrogen) atoms. The van der Waals surface area contributed by atoms with Crippen molar-refractivity contribution in [1.29, 1.82) is 0 Å². The van der Waals surface area contributed by atoms with E-state index < -0.39 is 0 Å². The van der Waals surface area contributed by atoms with Gasteiger partial charge in [-0.15, -0.1) is 10.2 Å². The highest BCUT2D eigenvalue weighted by molar-refractivity contribution is 9.10. The van der Waals surface area contributed by atoms with Gasteiger partial charge in [0.05, 0.1) is 4.47 Å². The van der Waals surface area contributed by atoms with Crippen molar-refractivity contribution < 1.29 is 0 Å². The molecule has 5 heteroatoms. The van der Waals surface area contributed by atoms with E-state index in [0.29, 0.717) is 6.04 Å².